The van der Waals surface area contributed by atoms with Crippen LogP contribution in [0.4, 0.5) is 0 Å². The van der Waals surface area contributed by atoms with Crippen molar-refractivity contribution in [2.75, 3.05) is 13.1 Å². The van der Waals surface area contributed by atoms with Gasteiger partial charge in [-0.25, -0.2) is 0 Å². The zero-order valence-electron chi connectivity index (χ0n) is 19.2. The number of rotatable bonds is 11. The molecule has 2 aromatic carbocycles. The number of benzene rings is 2. The molecule has 1 fully saturated rings. The van der Waals surface area contributed by atoms with E-state index in [0.29, 0.717) is 19.0 Å². The summed E-state index contributed by atoms with van der Waals surface area (Å²) in [6.45, 7) is 3.07. The Morgan fingerprint density at radius 2 is 1.82 bits per heavy atom. The van der Waals surface area contributed by atoms with Gasteiger partial charge in [-0.3, -0.25) is 9.46 Å². The maximum atomic E-state index is 12.4. The van der Waals surface area contributed by atoms with E-state index >= 15 is 0 Å². The first-order chi connectivity index (χ1) is 16.0. The highest BCUT2D eigenvalue weighted by molar-refractivity contribution is 7.13. The number of nitrogens with one attached hydrogen (secondary N) is 1. The van der Waals surface area contributed by atoms with Crippen molar-refractivity contribution in [2.45, 2.75) is 51.3 Å². The van der Waals surface area contributed by atoms with Crippen molar-refractivity contribution in [2.24, 2.45) is 22.5 Å². The Bertz CT molecular complexity index is 883. The van der Waals surface area contributed by atoms with Crippen LogP contribution < -0.4 is 16.8 Å². The Kier molecular flexibility index (Phi) is 10.1. The lowest BCUT2D eigenvalue weighted by Crippen LogP contribution is -2.40. The van der Waals surface area contributed by atoms with E-state index in [1.54, 1.807) is 0 Å². The molecule has 0 saturated carbocycles. The van der Waals surface area contributed by atoms with Crippen LogP contribution in [0, 0.1) is 5.92 Å². The first-order valence-electron chi connectivity index (χ1n) is 11.6. The van der Waals surface area contributed by atoms with E-state index in [9.17, 15) is 4.79 Å². The number of piperidine rings is 1. The van der Waals surface area contributed by atoms with Gasteiger partial charge in [-0.1, -0.05) is 82.0 Å². The Labute approximate surface area is 199 Å². The second kappa shape index (κ2) is 13.3. The minimum atomic E-state index is -0.462. The lowest BCUT2D eigenvalue weighted by Gasteiger charge is -2.28. The molecule has 0 bridgehead atoms. The van der Waals surface area contributed by atoms with Gasteiger partial charge in [0.25, 0.3) is 0 Å². The highest BCUT2D eigenvalue weighted by Gasteiger charge is 2.18. The van der Waals surface area contributed by atoms with Gasteiger partial charge in [0.05, 0.1) is 6.04 Å². The molecule has 2 atom stereocenters. The molecule has 0 spiro atoms. The molecule has 1 saturated heterocycles. The molecular weight excluding hydrogens is 433 g/mol. The Balaban J connectivity index is 1.35. The van der Waals surface area contributed by atoms with Crippen LogP contribution in [-0.2, 0) is 22.8 Å². The largest absolute Gasteiger partial charge is 0.389 e. The second-order valence-electron chi connectivity index (χ2n) is 8.67. The molecule has 3 rings (SSSR count). The molecule has 0 radical (unpaired) electrons. The smallest absolute Gasteiger partial charge is 0.237 e. The van der Waals surface area contributed by atoms with E-state index in [4.69, 9.17) is 16.3 Å². The van der Waals surface area contributed by atoms with Gasteiger partial charge < -0.3 is 21.6 Å². The first kappa shape index (κ1) is 25.2. The van der Waals surface area contributed by atoms with Gasteiger partial charge in [-0.05, 0) is 36.3 Å². The molecule has 0 aromatic heterocycles. The van der Waals surface area contributed by atoms with Crippen LogP contribution in [0.1, 0.15) is 48.8 Å². The molecule has 1 unspecified atom stereocenters. The fraction of sp³-hybridized carbons (Fsp3) is 0.440. The predicted octanol–water partition coefficient (Wildman–Crippen LogP) is 3.14. The molecule has 1 aliphatic rings. The Morgan fingerprint density at radius 1 is 1.12 bits per heavy atom. The van der Waals surface area contributed by atoms with Crippen LogP contribution in [0.15, 0.2) is 59.8 Å². The molecule has 1 amide bonds. The third kappa shape index (κ3) is 8.77. The van der Waals surface area contributed by atoms with E-state index in [-0.39, 0.29) is 5.91 Å². The summed E-state index contributed by atoms with van der Waals surface area (Å²) >= 11 is 0. The summed E-state index contributed by atoms with van der Waals surface area (Å²) in [6.07, 6.45) is 5.33. The maximum absolute atomic E-state index is 12.4. The molecule has 1 aliphatic heterocycles. The van der Waals surface area contributed by atoms with Crippen molar-refractivity contribution in [1.29, 1.82) is 0 Å². The third-order valence-electron chi connectivity index (χ3n) is 6.07. The molecule has 0 aliphatic carbocycles. The summed E-state index contributed by atoms with van der Waals surface area (Å²) in [5.74, 6) is 0.969. The number of carbonyl (C=O) groups excluding carboxylic acids is 1. The summed E-state index contributed by atoms with van der Waals surface area (Å²) < 4.78 is 2.29. The van der Waals surface area contributed by atoms with Crippen LogP contribution in [-0.4, -0.2) is 35.5 Å². The summed E-state index contributed by atoms with van der Waals surface area (Å²) in [6, 6.07) is 16.9. The van der Waals surface area contributed by atoms with Gasteiger partial charge in [0.1, 0.15) is 6.61 Å². The molecule has 33 heavy (non-hydrogen) atoms. The van der Waals surface area contributed by atoms with Crippen LogP contribution in [0.3, 0.4) is 0 Å². The lowest BCUT2D eigenvalue weighted by atomic mass is 9.91. The van der Waals surface area contributed by atoms with Crippen molar-refractivity contribution >= 4 is 21.1 Å². The Hall–Kier alpha value is -2.47. The van der Waals surface area contributed by atoms with Crippen molar-refractivity contribution in [3.63, 3.8) is 0 Å². The van der Waals surface area contributed by atoms with Gasteiger partial charge >= 0.3 is 0 Å². The van der Waals surface area contributed by atoms with Gasteiger partial charge in [0.15, 0.2) is 5.84 Å². The number of nitrogens with zero attached hydrogens (tertiary/aromatic N) is 2. The minimum absolute atomic E-state index is 0.103. The topological polar surface area (TPSA) is 106 Å². The summed E-state index contributed by atoms with van der Waals surface area (Å²) in [5.41, 5.74) is 14.9. The molecule has 2 aromatic rings. The van der Waals surface area contributed by atoms with Gasteiger partial charge in [-0.15, -0.1) is 0 Å². The number of oxime groups is 1. The monoisotopic (exact) mass is 469 g/mol. The highest BCUT2D eigenvalue weighted by atomic mass is 31.0. The molecule has 7 nitrogen and oxygen atoms in total. The molecular formula is C25H36N5O2P. The second-order valence-corrected chi connectivity index (χ2v) is 9.40. The van der Waals surface area contributed by atoms with E-state index < -0.39 is 6.04 Å². The van der Waals surface area contributed by atoms with Crippen LogP contribution in [0.2, 0.25) is 0 Å². The van der Waals surface area contributed by atoms with Crippen LogP contribution in [0.25, 0.3) is 0 Å². The van der Waals surface area contributed by atoms with Crippen molar-refractivity contribution in [3.05, 3.63) is 71.3 Å². The quantitative estimate of drug-likeness (QED) is 0.203. The van der Waals surface area contributed by atoms with Crippen LogP contribution >= 0.6 is 9.39 Å². The summed E-state index contributed by atoms with van der Waals surface area (Å²) in [7, 11) is 2.78. The lowest BCUT2D eigenvalue weighted by molar-refractivity contribution is -0.122. The number of hydrogen-bond acceptors (Lipinski definition) is 5. The molecule has 8 heteroatoms. The maximum Gasteiger partial charge on any atom is 0.237 e. The fourth-order valence-electron chi connectivity index (χ4n) is 3.92. The van der Waals surface area contributed by atoms with E-state index in [2.05, 4.69) is 24.5 Å². The zero-order valence-corrected chi connectivity index (χ0v) is 20.3. The molecule has 1 heterocycles. The minimum Gasteiger partial charge on any atom is -0.389 e. The predicted molar refractivity (Wildman–Crippen MR) is 136 cm³/mol. The number of amides is 1. The standard InChI is InChI=1S/C25H36N5O2P/c26-23(8-4-7-19-13-15-30(33)16-14-19)25(31)28-17-20-9-11-22(12-10-20)24(27)29-32-18-21-5-2-1-3-6-21/h1-3,5-6,9-12,19,23H,4,7-8,13-18,26,33H2,(H2,27,29)(H,28,31)/t23-/m0/s1. The van der Waals surface area contributed by atoms with Crippen molar-refractivity contribution in [3.8, 4) is 0 Å². The van der Waals surface area contributed by atoms with Crippen molar-refractivity contribution in [1.82, 2.24) is 9.99 Å². The van der Waals surface area contributed by atoms with Gasteiger partial charge in [0, 0.05) is 25.2 Å². The third-order valence-corrected chi connectivity index (χ3v) is 6.58. The molecule has 178 valence electrons. The average Bonchev–Trinajstić information content (AvgIpc) is 2.84. The SMILES string of the molecule is NC(=NOCc1ccccc1)c1ccc(CNC(=O)[C@@H](N)CCCC2CCN(P)CC2)cc1. The average molecular weight is 470 g/mol. The summed E-state index contributed by atoms with van der Waals surface area (Å²) in [5, 5.41) is 6.92. The normalized spacial score (nSPS) is 16.4. The van der Waals surface area contributed by atoms with Gasteiger partial charge in [0.2, 0.25) is 5.91 Å². The summed E-state index contributed by atoms with van der Waals surface area (Å²) in [4.78, 5) is 17.7. The van der Waals surface area contributed by atoms with Crippen molar-refractivity contribution < 1.29 is 9.63 Å². The number of amidine groups is 1. The number of carbonyl (C=O) groups is 1. The fourth-order valence-corrected chi connectivity index (χ4v) is 4.21. The highest BCUT2D eigenvalue weighted by Crippen LogP contribution is 2.24. The van der Waals surface area contributed by atoms with E-state index in [1.807, 2.05) is 54.6 Å². The number of nitrogens with two attached hydrogens (primary N) is 2. The Morgan fingerprint density at radius 3 is 2.52 bits per heavy atom. The first-order valence-corrected chi connectivity index (χ1v) is 12.1. The zero-order chi connectivity index (χ0) is 23.5. The van der Waals surface area contributed by atoms with E-state index in [0.717, 1.165) is 55.0 Å². The van der Waals surface area contributed by atoms with E-state index in [1.165, 1.54) is 12.8 Å². The molecule has 5 N–H and O–H groups in total. The van der Waals surface area contributed by atoms with Crippen LogP contribution in [0.5, 0.6) is 0 Å². The van der Waals surface area contributed by atoms with Gasteiger partial charge in [-0.2, -0.15) is 0 Å². The number of hydrogen-bond donors (Lipinski definition) is 3.